The van der Waals surface area contributed by atoms with E-state index in [4.69, 9.17) is 0 Å². The van der Waals surface area contributed by atoms with E-state index in [-0.39, 0.29) is 6.04 Å². The Kier molecular flexibility index (Phi) is 6.72. The first-order valence-corrected chi connectivity index (χ1v) is 11.2. The second-order valence-corrected chi connectivity index (χ2v) is 8.49. The maximum Gasteiger partial charge on any atom is 0.313 e. The summed E-state index contributed by atoms with van der Waals surface area (Å²) in [5, 5.41) is 14.5. The van der Waals surface area contributed by atoms with Crippen LogP contribution in [0, 0.1) is 11.3 Å². The van der Waals surface area contributed by atoms with Gasteiger partial charge in [0, 0.05) is 25.8 Å². The minimum Gasteiger partial charge on any atom is -0.374 e. The third-order valence-corrected chi connectivity index (χ3v) is 6.38. The predicted octanol–water partition coefficient (Wildman–Crippen LogP) is 2.83. The van der Waals surface area contributed by atoms with E-state index in [1.807, 2.05) is 6.07 Å². The molecular weight excluding hydrogens is 402 g/mol. The zero-order chi connectivity index (χ0) is 22.5. The van der Waals surface area contributed by atoms with Crippen LogP contribution in [-0.2, 0) is 16.0 Å². The fourth-order valence-corrected chi connectivity index (χ4v) is 4.66. The molecule has 0 spiro atoms. The molecule has 2 aromatic rings. The molecule has 2 heterocycles. The molecular formula is C25H29N5O2. The van der Waals surface area contributed by atoms with E-state index in [1.54, 1.807) is 24.3 Å². The number of hydrogen-bond donors (Lipinski definition) is 2. The number of carbonyl (C=O) groups is 2. The van der Waals surface area contributed by atoms with Crippen LogP contribution in [0.15, 0.2) is 42.5 Å². The minimum atomic E-state index is -0.764. The summed E-state index contributed by atoms with van der Waals surface area (Å²) in [6.45, 7) is 3.40. The third-order valence-electron chi connectivity index (χ3n) is 6.38. The minimum absolute atomic E-state index is 0.0261. The number of likely N-dealkylation sites (tertiary alicyclic amines) is 1. The molecule has 0 aliphatic carbocycles. The SMILES string of the molecule is CN1CCCc2cc([C@H](CNC(=O)C(=O)Nc3ccccc3C#N)N3CCCC3)ccc21. The van der Waals surface area contributed by atoms with Gasteiger partial charge in [0.2, 0.25) is 0 Å². The standard InChI is InChI=1S/C25H29N5O2/c1-29-12-6-8-18-15-19(10-11-22(18)29)23(30-13-4-5-14-30)17-27-24(31)25(32)28-21-9-3-2-7-20(21)16-26/h2-3,7,9-11,15,23H,4-6,8,12-14,17H2,1H3,(H,27,31)(H,28,32)/t23-/m0/s1. The van der Waals surface area contributed by atoms with E-state index in [0.29, 0.717) is 17.8 Å². The molecule has 0 aromatic heterocycles. The van der Waals surface area contributed by atoms with Gasteiger partial charge in [-0.2, -0.15) is 5.26 Å². The Bertz CT molecular complexity index is 1040. The molecule has 2 aliphatic rings. The monoisotopic (exact) mass is 431 g/mol. The summed E-state index contributed by atoms with van der Waals surface area (Å²) in [7, 11) is 2.12. The molecule has 0 saturated carbocycles. The van der Waals surface area contributed by atoms with Gasteiger partial charge in [-0.25, -0.2) is 0 Å². The van der Waals surface area contributed by atoms with Crippen molar-refractivity contribution >= 4 is 23.2 Å². The highest BCUT2D eigenvalue weighted by Gasteiger charge is 2.26. The molecule has 0 bridgehead atoms. The highest BCUT2D eigenvalue weighted by molar-refractivity contribution is 6.39. The van der Waals surface area contributed by atoms with Gasteiger partial charge in [-0.3, -0.25) is 14.5 Å². The van der Waals surface area contributed by atoms with Gasteiger partial charge in [0.15, 0.2) is 0 Å². The first-order chi connectivity index (χ1) is 15.6. The molecule has 1 saturated heterocycles. The summed E-state index contributed by atoms with van der Waals surface area (Å²) >= 11 is 0. The van der Waals surface area contributed by atoms with Crippen LogP contribution in [0.25, 0.3) is 0 Å². The number of carbonyl (C=O) groups excluding carboxylic acids is 2. The Morgan fingerprint density at radius 2 is 1.84 bits per heavy atom. The number of anilines is 2. The summed E-state index contributed by atoms with van der Waals surface area (Å²) in [6.07, 6.45) is 4.49. The van der Waals surface area contributed by atoms with Gasteiger partial charge in [-0.1, -0.05) is 24.3 Å². The van der Waals surface area contributed by atoms with E-state index in [0.717, 1.165) is 45.3 Å². The van der Waals surface area contributed by atoms with E-state index in [1.165, 1.54) is 16.8 Å². The number of nitrogens with one attached hydrogen (secondary N) is 2. The summed E-state index contributed by atoms with van der Waals surface area (Å²) in [6, 6.07) is 15.3. The van der Waals surface area contributed by atoms with Crippen molar-refractivity contribution in [1.29, 1.82) is 5.26 Å². The molecule has 1 atom stereocenters. The predicted molar refractivity (Wildman–Crippen MR) is 124 cm³/mol. The lowest BCUT2D eigenvalue weighted by atomic mass is 9.96. The number of nitrogens with zero attached hydrogens (tertiary/aromatic N) is 3. The molecule has 2 amide bonds. The fraction of sp³-hybridized carbons (Fsp3) is 0.400. The lowest BCUT2D eigenvalue weighted by Crippen LogP contribution is -2.41. The van der Waals surface area contributed by atoms with Crippen molar-refractivity contribution < 1.29 is 9.59 Å². The Balaban J connectivity index is 1.46. The van der Waals surface area contributed by atoms with Gasteiger partial charge in [-0.15, -0.1) is 0 Å². The molecule has 7 heteroatoms. The average Bonchev–Trinajstić information content (AvgIpc) is 3.34. The highest BCUT2D eigenvalue weighted by Crippen LogP contribution is 2.31. The maximum absolute atomic E-state index is 12.5. The number of para-hydroxylation sites is 1. The summed E-state index contributed by atoms with van der Waals surface area (Å²) in [5.41, 5.74) is 4.46. The van der Waals surface area contributed by atoms with Gasteiger partial charge >= 0.3 is 11.8 Å². The van der Waals surface area contributed by atoms with Crippen molar-refractivity contribution in [1.82, 2.24) is 10.2 Å². The number of nitriles is 1. The molecule has 2 aromatic carbocycles. The smallest absolute Gasteiger partial charge is 0.313 e. The van der Waals surface area contributed by atoms with E-state index in [9.17, 15) is 14.9 Å². The molecule has 1 fully saturated rings. The molecule has 32 heavy (non-hydrogen) atoms. The number of amides is 2. The maximum atomic E-state index is 12.5. The number of benzene rings is 2. The van der Waals surface area contributed by atoms with Gasteiger partial charge in [0.05, 0.1) is 17.3 Å². The van der Waals surface area contributed by atoms with Gasteiger partial charge in [0.25, 0.3) is 0 Å². The first kappa shape index (κ1) is 21.8. The van der Waals surface area contributed by atoms with Crippen LogP contribution in [0.3, 0.4) is 0 Å². The summed E-state index contributed by atoms with van der Waals surface area (Å²) in [4.78, 5) is 29.6. The van der Waals surface area contributed by atoms with E-state index in [2.05, 4.69) is 45.7 Å². The van der Waals surface area contributed by atoms with Crippen molar-refractivity contribution in [2.75, 3.05) is 43.4 Å². The van der Waals surface area contributed by atoms with Crippen LogP contribution in [-0.4, -0.2) is 49.9 Å². The second kappa shape index (κ2) is 9.84. The number of hydrogen-bond acceptors (Lipinski definition) is 5. The van der Waals surface area contributed by atoms with Crippen LogP contribution >= 0.6 is 0 Å². The van der Waals surface area contributed by atoms with Crippen molar-refractivity contribution in [3.63, 3.8) is 0 Å². The van der Waals surface area contributed by atoms with Crippen LogP contribution < -0.4 is 15.5 Å². The normalized spacial score (nSPS) is 16.7. The zero-order valence-electron chi connectivity index (χ0n) is 18.4. The molecule has 2 aliphatic heterocycles. The number of aryl methyl sites for hydroxylation is 1. The highest BCUT2D eigenvalue weighted by atomic mass is 16.2. The van der Waals surface area contributed by atoms with Crippen LogP contribution in [0.4, 0.5) is 11.4 Å². The molecule has 7 nitrogen and oxygen atoms in total. The third kappa shape index (κ3) is 4.76. The Hall–Kier alpha value is -3.37. The molecule has 166 valence electrons. The van der Waals surface area contributed by atoms with E-state index >= 15 is 0 Å². The van der Waals surface area contributed by atoms with Crippen LogP contribution in [0.1, 0.15) is 42.0 Å². The quantitative estimate of drug-likeness (QED) is 0.711. The lowest BCUT2D eigenvalue weighted by Gasteiger charge is -2.31. The van der Waals surface area contributed by atoms with Crippen molar-refractivity contribution in [3.8, 4) is 6.07 Å². The lowest BCUT2D eigenvalue weighted by molar-refractivity contribution is -0.136. The number of rotatable bonds is 5. The molecule has 0 unspecified atom stereocenters. The van der Waals surface area contributed by atoms with Crippen LogP contribution in [0.5, 0.6) is 0 Å². The van der Waals surface area contributed by atoms with Gasteiger partial charge in [-0.05, 0) is 68.1 Å². The largest absolute Gasteiger partial charge is 0.374 e. The summed E-state index contributed by atoms with van der Waals surface area (Å²) in [5.74, 6) is -1.46. The Morgan fingerprint density at radius 1 is 1.06 bits per heavy atom. The second-order valence-electron chi connectivity index (χ2n) is 8.49. The van der Waals surface area contributed by atoms with Crippen molar-refractivity contribution in [2.24, 2.45) is 0 Å². The molecule has 4 rings (SSSR count). The summed E-state index contributed by atoms with van der Waals surface area (Å²) < 4.78 is 0. The van der Waals surface area contributed by atoms with Gasteiger partial charge in [0.1, 0.15) is 6.07 Å². The average molecular weight is 432 g/mol. The number of fused-ring (bicyclic) bond motifs is 1. The van der Waals surface area contributed by atoms with Gasteiger partial charge < -0.3 is 15.5 Å². The molecule has 0 radical (unpaired) electrons. The van der Waals surface area contributed by atoms with E-state index < -0.39 is 11.8 Å². The van der Waals surface area contributed by atoms with Crippen molar-refractivity contribution in [2.45, 2.75) is 31.7 Å². The first-order valence-electron chi connectivity index (χ1n) is 11.2. The fourth-order valence-electron chi connectivity index (χ4n) is 4.66. The Labute approximate surface area is 189 Å². The van der Waals surface area contributed by atoms with Crippen molar-refractivity contribution in [3.05, 3.63) is 59.2 Å². The topological polar surface area (TPSA) is 88.5 Å². The zero-order valence-corrected chi connectivity index (χ0v) is 18.4. The van der Waals surface area contributed by atoms with Crippen LogP contribution in [0.2, 0.25) is 0 Å². The Morgan fingerprint density at radius 3 is 2.62 bits per heavy atom. The molecule has 2 N–H and O–H groups in total.